The molecule has 1 N–H and O–H groups in total. The molecule has 1 saturated carbocycles. The van der Waals surface area contributed by atoms with E-state index >= 15 is 0 Å². The Hall–Kier alpha value is -1.59. The second-order valence-electron chi connectivity index (χ2n) is 5.97. The molecule has 2 fully saturated rings. The molecule has 1 amide bonds. The van der Waals surface area contributed by atoms with Crippen LogP contribution in [0.5, 0.6) is 5.75 Å². The number of carbonyl (C=O) groups excluding carboxylic acids is 1. The molecule has 0 spiro atoms. The Labute approximate surface area is 131 Å². The van der Waals surface area contributed by atoms with Crippen LogP contribution in [0.25, 0.3) is 0 Å². The van der Waals surface area contributed by atoms with Crippen LogP contribution in [0.15, 0.2) is 24.3 Å². The summed E-state index contributed by atoms with van der Waals surface area (Å²) in [6, 6.07) is 7.96. The number of methoxy groups -OCH3 is 1. The molecule has 0 radical (unpaired) electrons. The predicted molar refractivity (Wildman–Crippen MR) is 85.2 cm³/mol. The van der Waals surface area contributed by atoms with Gasteiger partial charge in [0.1, 0.15) is 5.75 Å². The summed E-state index contributed by atoms with van der Waals surface area (Å²) < 4.78 is 11.0. The van der Waals surface area contributed by atoms with Crippen molar-refractivity contribution in [2.75, 3.05) is 32.1 Å². The maximum atomic E-state index is 12.1. The van der Waals surface area contributed by atoms with Crippen molar-refractivity contribution < 1.29 is 14.3 Å². The molecule has 1 saturated heterocycles. The van der Waals surface area contributed by atoms with Crippen molar-refractivity contribution in [1.82, 2.24) is 4.90 Å². The van der Waals surface area contributed by atoms with Crippen molar-refractivity contribution in [3.8, 4) is 5.75 Å². The van der Waals surface area contributed by atoms with E-state index in [-0.39, 0.29) is 5.91 Å². The molecule has 5 nitrogen and oxygen atoms in total. The molecule has 2 atom stereocenters. The maximum absolute atomic E-state index is 12.1. The molecule has 3 rings (SSSR count). The SMILES string of the molecule is COc1cccc(NC(=O)CCN2CCO[C@H]3CCC[C@@H]32)c1. The molecular weight excluding hydrogens is 280 g/mol. The number of hydrogen-bond acceptors (Lipinski definition) is 4. The fourth-order valence-electron chi connectivity index (χ4n) is 3.45. The lowest BCUT2D eigenvalue weighted by molar-refractivity contribution is -0.117. The normalized spacial score (nSPS) is 24.8. The molecule has 2 aliphatic rings. The topological polar surface area (TPSA) is 50.8 Å². The second-order valence-corrected chi connectivity index (χ2v) is 5.97. The third-order valence-electron chi connectivity index (χ3n) is 4.58. The first kappa shape index (κ1) is 15.3. The maximum Gasteiger partial charge on any atom is 0.225 e. The monoisotopic (exact) mass is 304 g/mol. The fraction of sp³-hybridized carbons (Fsp3) is 0.588. The van der Waals surface area contributed by atoms with Crippen molar-refractivity contribution in [2.45, 2.75) is 37.8 Å². The first-order chi connectivity index (χ1) is 10.8. The zero-order chi connectivity index (χ0) is 15.4. The van der Waals surface area contributed by atoms with E-state index in [2.05, 4.69) is 10.2 Å². The lowest BCUT2D eigenvalue weighted by Gasteiger charge is -2.37. The Morgan fingerprint density at radius 2 is 2.36 bits per heavy atom. The highest BCUT2D eigenvalue weighted by atomic mass is 16.5. The van der Waals surface area contributed by atoms with Crippen LogP contribution in [0.4, 0.5) is 5.69 Å². The third-order valence-corrected chi connectivity index (χ3v) is 4.58. The van der Waals surface area contributed by atoms with Crippen LogP contribution < -0.4 is 10.1 Å². The summed E-state index contributed by atoms with van der Waals surface area (Å²) in [5, 5.41) is 2.94. The van der Waals surface area contributed by atoms with E-state index in [0.717, 1.165) is 37.6 Å². The van der Waals surface area contributed by atoms with Gasteiger partial charge in [-0.15, -0.1) is 0 Å². The van der Waals surface area contributed by atoms with Crippen LogP contribution in [-0.4, -0.2) is 49.8 Å². The number of rotatable bonds is 5. The lowest BCUT2D eigenvalue weighted by Crippen LogP contribution is -2.49. The van der Waals surface area contributed by atoms with E-state index in [9.17, 15) is 4.79 Å². The van der Waals surface area contributed by atoms with Crippen LogP contribution in [0, 0.1) is 0 Å². The number of carbonyl (C=O) groups is 1. The summed E-state index contributed by atoms with van der Waals surface area (Å²) in [5.41, 5.74) is 0.782. The van der Waals surface area contributed by atoms with E-state index in [4.69, 9.17) is 9.47 Å². The predicted octanol–water partition coefficient (Wildman–Crippen LogP) is 2.28. The van der Waals surface area contributed by atoms with Gasteiger partial charge in [0.2, 0.25) is 5.91 Å². The Morgan fingerprint density at radius 3 is 3.23 bits per heavy atom. The number of morpholine rings is 1. The van der Waals surface area contributed by atoms with Gasteiger partial charge in [-0.25, -0.2) is 0 Å². The van der Waals surface area contributed by atoms with Crippen molar-refractivity contribution >= 4 is 11.6 Å². The van der Waals surface area contributed by atoms with E-state index in [1.165, 1.54) is 12.8 Å². The minimum atomic E-state index is 0.0503. The van der Waals surface area contributed by atoms with Gasteiger partial charge in [0, 0.05) is 37.3 Å². The Bertz CT molecular complexity index is 520. The van der Waals surface area contributed by atoms with Crippen LogP contribution in [0.3, 0.4) is 0 Å². The number of fused-ring (bicyclic) bond motifs is 1. The van der Waals surface area contributed by atoms with Crippen LogP contribution >= 0.6 is 0 Å². The average molecular weight is 304 g/mol. The third kappa shape index (κ3) is 3.59. The molecule has 1 aromatic rings. The molecule has 0 bridgehead atoms. The van der Waals surface area contributed by atoms with E-state index in [1.807, 2.05) is 24.3 Å². The van der Waals surface area contributed by atoms with E-state index in [0.29, 0.717) is 18.6 Å². The molecule has 22 heavy (non-hydrogen) atoms. The Morgan fingerprint density at radius 1 is 1.45 bits per heavy atom. The minimum Gasteiger partial charge on any atom is -0.497 e. The quantitative estimate of drug-likeness (QED) is 0.907. The van der Waals surface area contributed by atoms with Gasteiger partial charge in [0.15, 0.2) is 0 Å². The highest BCUT2D eigenvalue weighted by molar-refractivity contribution is 5.91. The Balaban J connectivity index is 1.49. The number of anilines is 1. The molecule has 0 unspecified atom stereocenters. The molecule has 120 valence electrons. The molecule has 1 aliphatic heterocycles. The molecule has 0 aromatic heterocycles. The molecular formula is C17H24N2O3. The highest BCUT2D eigenvalue weighted by Crippen LogP contribution is 2.29. The molecule has 5 heteroatoms. The van der Waals surface area contributed by atoms with Crippen molar-refractivity contribution in [2.24, 2.45) is 0 Å². The van der Waals surface area contributed by atoms with Crippen LogP contribution in [0.1, 0.15) is 25.7 Å². The summed E-state index contributed by atoms with van der Waals surface area (Å²) in [6.45, 7) is 2.53. The van der Waals surface area contributed by atoms with Crippen molar-refractivity contribution in [3.63, 3.8) is 0 Å². The number of amides is 1. The van der Waals surface area contributed by atoms with E-state index in [1.54, 1.807) is 7.11 Å². The minimum absolute atomic E-state index is 0.0503. The van der Waals surface area contributed by atoms with Gasteiger partial charge < -0.3 is 14.8 Å². The summed E-state index contributed by atoms with van der Waals surface area (Å²) in [6.07, 6.45) is 4.50. The largest absolute Gasteiger partial charge is 0.497 e. The first-order valence-corrected chi connectivity index (χ1v) is 8.06. The van der Waals surface area contributed by atoms with Gasteiger partial charge in [-0.3, -0.25) is 9.69 Å². The summed E-state index contributed by atoms with van der Waals surface area (Å²) >= 11 is 0. The molecule has 1 heterocycles. The average Bonchev–Trinajstić information content (AvgIpc) is 3.02. The molecule has 1 aliphatic carbocycles. The molecule has 1 aromatic carbocycles. The van der Waals surface area contributed by atoms with Gasteiger partial charge in [-0.2, -0.15) is 0 Å². The number of nitrogens with zero attached hydrogens (tertiary/aromatic N) is 1. The van der Waals surface area contributed by atoms with Gasteiger partial charge in [0.05, 0.1) is 19.8 Å². The van der Waals surface area contributed by atoms with E-state index < -0.39 is 0 Å². The zero-order valence-electron chi connectivity index (χ0n) is 13.1. The van der Waals surface area contributed by atoms with Gasteiger partial charge in [-0.1, -0.05) is 6.07 Å². The Kier molecular flexibility index (Phi) is 4.95. The summed E-state index contributed by atoms with van der Waals surface area (Å²) in [5.74, 6) is 0.800. The standard InChI is InChI=1S/C17H24N2O3/c1-21-14-5-2-4-13(12-14)18-17(20)8-9-19-10-11-22-16-7-3-6-15(16)19/h2,4-5,12,15-16H,3,6-11H2,1H3,(H,18,20)/t15-,16-/m0/s1. The van der Waals surface area contributed by atoms with Crippen molar-refractivity contribution in [3.05, 3.63) is 24.3 Å². The van der Waals surface area contributed by atoms with Crippen molar-refractivity contribution in [1.29, 1.82) is 0 Å². The number of ether oxygens (including phenoxy) is 2. The van der Waals surface area contributed by atoms with Gasteiger partial charge >= 0.3 is 0 Å². The summed E-state index contributed by atoms with van der Waals surface area (Å²) in [7, 11) is 1.62. The number of hydrogen-bond donors (Lipinski definition) is 1. The van der Waals surface area contributed by atoms with Gasteiger partial charge in [0.25, 0.3) is 0 Å². The number of benzene rings is 1. The highest BCUT2D eigenvalue weighted by Gasteiger charge is 2.35. The number of nitrogens with one attached hydrogen (secondary N) is 1. The first-order valence-electron chi connectivity index (χ1n) is 8.06. The second kappa shape index (κ2) is 7.11. The zero-order valence-corrected chi connectivity index (χ0v) is 13.1. The van der Waals surface area contributed by atoms with Crippen LogP contribution in [-0.2, 0) is 9.53 Å². The summed E-state index contributed by atoms with van der Waals surface area (Å²) in [4.78, 5) is 14.6. The fourth-order valence-corrected chi connectivity index (χ4v) is 3.45. The van der Waals surface area contributed by atoms with Crippen LogP contribution in [0.2, 0.25) is 0 Å². The van der Waals surface area contributed by atoms with Gasteiger partial charge in [-0.05, 0) is 31.4 Å². The smallest absolute Gasteiger partial charge is 0.225 e. The lowest BCUT2D eigenvalue weighted by atomic mass is 10.1.